The maximum atomic E-state index is 12.2. The van der Waals surface area contributed by atoms with Crippen molar-refractivity contribution in [2.75, 3.05) is 5.32 Å². The van der Waals surface area contributed by atoms with Gasteiger partial charge in [-0.1, -0.05) is 47.5 Å². The van der Waals surface area contributed by atoms with E-state index in [4.69, 9.17) is 9.26 Å². The molecule has 144 valence electrons. The molecule has 0 unspecified atom stereocenters. The summed E-state index contributed by atoms with van der Waals surface area (Å²) >= 11 is 1.73. The van der Waals surface area contributed by atoms with Crippen molar-refractivity contribution in [3.63, 3.8) is 0 Å². The van der Waals surface area contributed by atoms with E-state index in [0.29, 0.717) is 17.1 Å². The summed E-state index contributed by atoms with van der Waals surface area (Å²) in [5.41, 5.74) is 2.73. The van der Waals surface area contributed by atoms with Crippen molar-refractivity contribution < 1.29 is 14.1 Å². The lowest BCUT2D eigenvalue weighted by Gasteiger charge is -2.06. The third-order valence-electron chi connectivity index (χ3n) is 4.27. The molecular weight excluding hydrogens is 384 g/mol. The maximum absolute atomic E-state index is 12.2. The molecule has 2 aromatic heterocycles. The number of nitrogens with zero attached hydrogens (tertiary/aromatic N) is 1. The van der Waals surface area contributed by atoms with Crippen LogP contribution in [0.15, 0.2) is 59.1 Å². The molecule has 0 aliphatic rings. The number of rotatable bonds is 3. The van der Waals surface area contributed by atoms with Crippen LogP contribution in [-0.4, -0.2) is 11.2 Å². The molecule has 0 aliphatic carbocycles. The fourth-order valence-electron chi connectivity index (χ4n) is 2.83. The number of benzene rings is 2. The van der Waals surface area contributed by atoms with Crippen molar-refractivity contribution in [1.29, 1.82) is 0 Å². The number of ether oxygens (including phenoxy) is 1. The highest BCUT2D eigenvalue weighted by atomic mass is 32.1. The van der Waals surface area contributed by atoms with Crippen LogP contribution in [0.2, 0.25) is 0 Å². The number of carbonyl (C=O) groups excluding carboxylic acids is 1. The third-order valence-corrected chi connectivity index (χ3v) is 5.28. The maximum Gasteiger partial charge on any atom is 0.412 e. The van der Waals surface area contributed by atoms with Gasteiger partial charge in [0.25, 0.3) is 0 Å². The molecule has 0 saturated heterocycles. The van der Waals surface area contributed by atoms with Gasteiger partial charge in [0, 0.05) is 15.1 Å². The van der Waals surface area contributed by atoms with E-state index in [1.54, 1.807) is 18.3 Å². The average molecular weight is 402 g/mol. The summed E-state index contributed by atoms with van der Waals surface area (Å²) < 4.78 is 11.7. The molecule has 4 rings (SSSR count). The molecule has 2 heterocycles. The number of hydrogen-bond donors (Lipinski definition) is 1. The Kier molecular flexibility index (Phi) is 5.32. The number of aryl methyl sites for hydroxylation is 2. The Morgan fingerprint density at radius 3 is 2.79 bits per heavy atom. The number of carbonyl (C=O) groups is 1. The number of nitrogens with one attached hydrogen (secondary N) is 1. The van der Waals surface area contributed by atoms with Crippen molar-refractivity contribution in [2.45, 2.75) is 20.5 Å². The van der Waals surface area contributed by atoms with E-state index >= 15 is 0 Å². The Balaban J connectivity index is 1.48. The standard InChI is InChI=1S/C23H18N2O3S/c1-15-12-19-10-8-17(13-21(19)29-15)9-11-20-22(16(2)25-28-20)24-23(26)27-14-18-6-4-3-5-7-18/h3-8,10,12-13H,14H2,1-2H3,(H,24,26). The average Bonchev–Trinajstić information content (AvgIpc) is 3.27. The van der Waals surface area contributed by atoms with Crippen LogP contribution in [0.3, 0.4) is 0 Å². The molecule has 1 N–H and O–H groups in total. The van der Waals surface area contributed by atoms with E-state index in [1.807, 2.05) is 42.5 Å². The monoisotopic (exact) mass is 402 g/mol. The lowest BCUT2D eigenvalue weighted by Crippen LogP contribution is -2.14. The van der Waals surface area contributed by atoms with E-state index in [2.05, 4.69) is 41.4 Å². The first-order valence-corrected chi connectivity index (χ1v) is 9.86. The first-order chi connectivity index (χ1) is 14.1. The summed E-state index contributed by atoms with van der Waals surface area (Å²) in [6.45, 7) is 4.00. The number of anilines is 1. The molecule has 2 aromatic carbocycles. The molecule has 0 aliphatic heterocycles. The van der Waals surface area contributed by atoms with E-state index < -0.39 is 6.09 Å². The van der Waals surface area contributed by atoms with Crippen LogP contribution in [0.4, 0.5) is 10.5 Å². The predicted octanol–water partition coefficient (Wildman–Crippen LogP) is 5.65. The summed E-state index contributed by atoms with van der Waals surface area (Å²) in [5.74, 6) is 6.33. The third kappa shape index (κ3) is 4.48. The van der Waals surface area contributed by atoms with Gasteiger partial charge in [0.05, 0.1) is 0 Å². The molecule has 0 bridgehead atoms. The van der Waals surface area contributed by atoms with Gasteiger partial charge in [0.15, 0.2) is 0 Å². The highest BCUT2D eigenvalue weighted by Gasteiger charge is 2.15. The number of amides is 1. The fraction of sp³-hybridized carbons (Fsp3) is 0.130. The zero-order valence-electron chi connectivity index (χ0n) is 16.0. The van der Waals surface area contributed by atoms with E-state index in [9.17, 15) is 4.79 Å². The number of fused-ring (bicyclic) bond motifs is 1. The summed E-state index contributed by atoms with van der Waals surface area (Å²) in [7, 11) is 0. The van der Waals surface area contributed by atoms with Crippen LogP contribution in [0.25, 0.3) is 10.1 Å². The Bertz CT molecular complexity index is 1230. The molecule has 0 spiro atoms. The van der Waals surface area contributed by atoms with Crippen LogP contribution < -0.4 is 5.32 Å². The van der Waals surface area contributed by atoms with Gasteiger partial charge in [-0.3, -0.25) is 5.32 Å². The second kappa shape index (κ2) is 8.21. The molecule has 1 amide bonds. The van der Waals surface area contributed by atoms with Gasteiger partial charge in [0.1, 0.15) is 18.0 Å². The molecule has 0 saturated carbocycles. The topological polar surface area (TPSA) is 64.4 Å². The van der Waals surface area contributed by atoms with Gasteiger partial charge in [-0.2, -0.15) is 0 Å². The smallest absolute Gasteiger partial charge is 0.412 e. The summed E-state index contributed by atoms with van der Waals surface area (Å²) in [5, 5.41) is 7.79. The minimum absolute atomic E-state index is 0.179. The summed E-state index contributed by atoms with van der Waals surface area (Å²) in [4.78, 5) is 13.4. The Labute approximate surface area is 172 Å². The van der Waals surface area contributed by atoms with Crippen molar-refractivity contribution >= 4 is 33.2 Å². The quantitative estimate of drug-likeness (QED) is 0.450. The molecule has 5 nitrogen and oxygen atoms in total. The van der Waals surface area contributed by atoms with Crippen LogP contribution in [0, 0.1) is 25.7 Å². The van der Waals surface area contributed by atoms with E-state index in [-0.39, 0.29) is 6.61 Å². The van der Waals surface area contributed by atoms with Crippen molar-refractivity contribution in [1.82, 2.24) is 5.16 Å². The first kappa shape index (κ1) is 18.8. The molecule has 6 heteroatoms. The number of hydrogen-bond acceptors (Lipinski definition) is 5. The second-order valence-electron chi connectivity index (χ2n) is 6.52. The first-order valence-electron chi connectivity index (χ1n) is 9.05. The highest BCUT2D eigenvalue weighted by Crippen LogP contribution is 2.26. The molecule has 29 heavy (non-hydrogen) atoms. The summed E-state index contributed by atoms with van der Waals surface area (Å²) in [6.07, 6.45) is -0.585. The molecule has 0 atom stereocenters. The largest absolute Gasteiger partial charge is 0.444 e. The van der Waals surface area contributed by atoms with E-state index in [1.165, 1.54) is 15.0 Å². The Morgan fingerprint density at radius 2 is 1.97 bits per heavy atom. The minimum atomic E-state index is -0.585. The normalized spacial score (nSPS) is 10.4. The van der Waals surface area contributed by atoms with Crippen molar-refractivity contribution in [2.24, 2.45) is 0 Å². The molecule has 0 fully saturated rings. The van der Waals surface area contributed by atoms with Gasteiger partial charge in [-0.15, -0.1) is 11.3 Å². The van der Waals surface area contributed by atoms with Gasteiger partial charge in [-0.25, -0.2) is 4.79 Å². The predicted molar refractivity (Wildman–Crippen MR) is 114 cm³/mol. The SMILES string of the molecule is Cc1cc2ccc(C#Cc3onc(C)c3NC(=O)OCc3ccccc3)cc2s1. The van der Waals surface area contributed by atoms with Gasteiger partial charge < -0.3 is 9.26 Å². The Hall–Kier alpha value is -3.56. The van der Waals surface area contributed by atoms with Gasteiger partial charge in [-0.05, 0) is 48.9 Å². The van der Waals surface area contributed by atoms with Crippen molar-refractivity contribution in [3.8, 4) is 11.8 Å². The molecule has 4 aromatic rings. The van der Waals surface area contributed by atoms with Crippen molar-refractivity contribution in [3.05, 3.63) is 82.1 Å². The lowest BCUT2D eigenvalue weighted by atomic mass is 10.1. The molecular formula is C23H18N2O3S. The highest BCUT2D eigenvalue weighted by molar-refractivity contribution is 7.19. The lowest BCUT2D eigenvalue weighted by molar-refractivity contribution is 0.155. The summed E-state index contributed by atoms with van der Waals surface area (Å²) in [6, 6.07) is 17.7. The van der Waals surface area contributed by atoms with Gasteiger partial charge >= 0.3 is 6.09 Å². The zero-order valence-corrected chi connectivity index (χ0v) is 16.8. The molecule has 0 radical (unpaired) electrons. The fourth-order valence-corrected chi connectivity index (χ4v) is 3.80. The van der Waals surface area contributed by atoms with Gasteiger partial charge in [0.2, 0.25) is 5.76 Å². The van der Waals surface area contributed by atoms with E-state index in [0.717, 1.165) is 11.1 Å². The number of thiophene rings is 1. The van der Waals surface area contributed by atoms with Crippen LogP contribution in [-0.2, 0) is 11.3 Å². The zero-order chi connectivity index (χ0) is 20.2. The minimum Gasteiger partial charge on any atom is -0.444 e. The number of aromatic nitrogens is 1. The second-order valence-corrected chi connectivity index (χ2v) is 7.81. The van der Waals surface area contributed by atoms with Crippen LogP contribution >= 0.6 is 11.3 Å². The van der Waals surface area contributed by atoms with Crippen LogP contribution in [0.1, 0.15) is 27.5 Å². The Morgan fingerprint density at radius 1 is 1.14 bits per heavy atom. The van der Waals surface area contributed by atoms with Crippen LogP contribution in [0.5, 0.6) is 0 Å².